The third kappa shape index (κ3) is 2.35. The van der Waals surface area contributed by atoms with Gasteiger partial charge >= 0.3 is 0 Å². The topological polar surface area (TPSA) is 32.3 Å². The highest BCUT2D eigenvalue weighted by Crippen LogP contribution is 2.33. The Morgan fingerprint density at radius 3 is 2.65 bits per heavy atom. The highest BCUT2D eigenvalue weighted by atomic mass is 19.1. The summed E-state index contributed by atoms with van der Waals surface area (Å²) in [6, 6.07) is 14.5. The van der Waals surface area contributed by atoms with Gasteiger partial charge in [0.25, 0.3) is 0 Å². The summed E-state index contributed by atoms with van der Waals surface area (Å²) in [4.78, 5) is 0. The Morgan fingerprint density at radius 1 is 1.15 bits per heavy atom. The van der Waals surface area contributed by atoms with Crippen molar-refractivity contribution in [1.82, 2.24) is 5.32 Å². The van der Waals surface area contributed by atoms with Gasteiger partial charge in [0.15, 0.2) is 0 Å². The lowest BCUT2D eigenvalue weighted by Crippen LogP contribution is -2.31. The summed E-state index contributed by atoms with van der Waals surface area (Å²) in [6.45, 7) is 1.92. The van der Waals surface area contributed by atoms with E-state index in [1.54, 1.807) is 12.1 Å². The Kier molecular flexibility index (Phi) is 3.55. The van der Waals surface area contributed by atoms with E-state index in [-0.39, 0.29) is 17.9 Å². The number of hydrogen-bond donors (Lipinski definition) is 2. The van der Waals surface area contributed by atoms with E-state index in [0.717, 1.165) is 5.56 Å². The molecule has 0 radical (unpaired) electrons. The van der Waals surface area contributed by atoms with Gasteiger partial charge in [-0.1, -0.05) is 42.5 Å². The molecule has 0 amide bonds. The zero-order valence-electron chi connectivity index (χ0n) is 11.4. The van der Waals surface area contributed by atoms with Crippen LogP contribution in [0.4, 0.5) is 4.39 Å². The molecule has 2 N–H and O–H groups in total. The number of aliphatic hydroxyl groups excluding tert-OH is 1. The average Bonchev–Trinajstić information content (AvgIpc) is 2.76. The summed E-state index contributed by atoms with van der Waals surface area (Å²) in [5.41, 5.74) is 2.91. The van der Waals surface area contributed by atoms with Gasteiger partial charge in [-0.05, 0) is 24.1 Å². The van der Waals surface area contributed by atoms with Gasteiger partial charge < -0.3 is 10.4 Å². The van der Waals surface area contributed by atoms with Crippen LogP contribution in [0.3, 0.4) is 0 Å². The van der Waals surface area contributed by atoms with Crippen molar-refractivity contribution in [3.63, 3.8) is 0 Å². The van der Waals surface area contributed by atoms with E-state index >= 15 is 0 Å². The van der Waals surface area contributed by atoms with E-state index in [1.807, 2.05) is 37.3 Å². The molecule has 2 aromatic carbocycles. The first kappa shape index (κ1) is 13.3. The van der Waals surface area contributed by atoms with Crippen molar-refractivity contribution in [2.75, 3.05) is 0 Å². The Hall–Kier alpha value is -1.71. The molecule has 0 saturated heterocycles. The second-order valence-electron chi connectivity index (χ2n) is 5.36. The minimum atomic E-state index is -0.457. The van der Waals surface area contributed by atoms with Crippen LogP contribution in [-0.2, 0) is 6.42 Å². The molecular formula is C17H18FNO. The van der Waals surface area contributed by atoms with Gasteiger partial charge in [-0.3, -0.25) is 0 Å². The lowest BCUT2D eigenvalue weighted by Gasteiger charge is -2.23. The summed E-state index contributed by atoms with van der Waals surface area (Å²) in [7, 11) is 0. The number of fused-ring (bicyclic) bond motifs is 1. The minimum absolute atomic E-state index is 0.138. The summed E-state index contributed by atoms with van der Waals surface area (Å²) in [5.74, 6) is -0.215. The molecule has 0 heterocycles. The molecule has 0 spiro atoms. The zero-order chi connectivity index (χ0) is 14.1. The van der Waals surface area contributed by atoms with Crippen molar-refractivity contribution in [2.24, 2.45) is 0 Å². The second-order valence-corrected chi connectivity index (χ2v) is 5.36. The second kappa shape index (κ2) is 5.35. The van der Waals surface area contributed by atoms with Crippen molar-refractivity contribution in [3.8, 4) is 0 Å². The normalized spacial score (nSPS) is 22.6. The highest BCUT2D eigenvalue weighted by Gasteiger charge is 2.31. The molecular weight excluding hydrogens is 253 g/mol. The van der Waals surface area contributed by atoms with Crippen LogP contribution in [0.5, 0.6) is 0 Å². The molecule has 2 nitrogen and oxygen atoms in total. The maximum atomic E-state index is 13.8. The quantitative estimate of drug-likeness (QED) is 0.899. The lowest BCUT2D eigenvalue weighted by molar-refractivity contribution is 0.135. The van der Waals surface area contributed by atoms with Crippen LogP contribution < -0.4 is 5.32 Å². The summed E-state index contributed by atoms with van der Waals surface area (Å²) in [5, 5.41) is 13.6. The van der Waals surface area contributed by atoms with E-state index in [0.29, 0.717) is 12.0 Å². The number of rotatable bonds is 3. The first-order valence-electron chi connectivity index (χ1n) is 6.93. The molecule has 3 atom stereocenters. The van der Waals surface area contributed by atoms with Gasteiger partial charge in [0.05, 0.1) is 12.1 Å². The lowest BCUT2D eigenvalue weighted by atomic mass is 10.0. The first-order valence-corrected chi connectivity index (χ1v) is 6.93. The number of halogens is 1. The van der Waals surface area contributed by atoms with Crippen LogP contribution in [0.2, 0.25) is 0 Å². The number of aliphatic hydroxyl groups is 1. The molecule has 3 unspecified atom stereocenters. The molecule has 104 valence electrons. The summed E-state index contributed by atoms with van der Waals surface area (Å²) in [6.07, 6.45) is 0.194. The Morgan fingerprint density at radius 2 is 1.85 bits per heavy atom. The summed E-state index contributed by atoms with van der Waals surface area (Å²) < 4.78 is 13.8. The molecule has 2 aromatic rings. The fourth-order valence-corrected chi connectivity index (χ4v) is 2.96. The van der Waals surface area contributed by atoms with Crippen LogP contribution in [-0.4, -0.2) is 11.2 Å². The van der Waals surface area contributed by atoms with Gasteiger partial charge in [0.2, 0.25) is 0 Å². The monoisotopic (exact) mass is 271 g/mol. The third-order valence-electron chi connectivity index (χ3n) is 4.01. The minimum Gasteiger partial charge on any atom is -0.391 e. The van der Waals surface area contributed by atoms with Crippen molar-refractivity contribution in [3.05, 3.63) is 71.0 Å². The van der Waals surface area contributed by atoms with E-state index in [1.165, 1.54) is 11.6 Å². The van der Waals surface area contributed by atoms with Gasteiger partial charge in [-0.2, -0.15) is 0 Å². The number of nitrogens with one attached hydrogen (secondary N) is 1. The van der Waals surface area contributed by atoms with E-state index in [9.17, 15) is 9.50 Å². The van der Waals surface area contributed by atoms with Crippen LogP contribution in [0.25, 0.3) is 0 Å². The fourth-order valence-electron chi connectivity index (χ4n) is 2.96. The molecule has 1 aliphatic rings. The van der Waals surface area contributed by atoms with Crippen molar-refractivity contribution >= 4 is 0 Å². The number of benzene rings is 2. The van der Waals surface area contributed by atoms with Gasteiger partial charge in [-0.25, -0.2) is 4.39 Å². The molecule has 3 heteroatoms. The number of hydrogen-bond acceptors (Lipinski definition) is 2. The molecule has 0 fully saturated rings. The molecule has 1 aliphatic carbocycles. The predicted octanol–water partition coefficient (Wildman–Crippen LogP) is 3.13. The first-order chi connectivity index (χ1) is 9.66. The maximum absolute atomic E-state index is 13.8. The van der Waals surface area contributed by atoms with Crippen molar-refractivity contribution in [2.45, 2.75) is 31.5 Å². The van der Waals surface area contributed by atoms with Crippen LogP contribution in [0, 0.1) is 5.82 Å². The molecule has 0 bridgehead atoms. The van der Waals surface area contributed by atoms with E-state index in [2.05, 4.69) is 5.32 Å². The molecule has 0 saturated carbocycles. The molecule has 20 heavy (non-hydrogen) atoms. The van der Waals surface area contributed by atoms with E-state index < -0.39 is 6.10 Å². The highest BCUT2D eigenvalue weighted by molar-refractivity contribution is 5.36. The largest absolute Gasteiger partial charge is 0.391 e. The van der Waals surface area contributed by atoms with Crippen LogP contribution in [0.1, 0.15) is 35.7 Å². The summed E-state index contributed by atoms with van der Waals surface area (Å²) >= 11 is 0. The average molecular weight is 271 g/mol. The SMILES string of the molecule is CC(NC1c2ccccc2CC1O)c1ccccc1F. The fraction of sp³-hybridized carbons (Fsp3) is 0.294. The smallest absolute Gasteiger partial charge is 0.127 e. The Balaban J connectivity index is 1.83. The standard InChI is InChI=1S/C17H18FNO/c1-11(13-7-4-5-9-15(13)18)19-17-14-8-3-2-6-12(14)10-16(17)20/h2-9,11,16-17,19-20H,10H2,1H3. The molecule has 3 rings (SSSR count). The Bertz CT molecular complexity index is 613. The Labute approximate surface area is 118 Å². The van der Waals surface area contributed by atoms with Gasteiger partial charge in [0.1, 0.15) is 5.82 Å². The molecule has 0 aromatic heterocycles. The molecule has 0 aliphatic heterocycles. The zero-order valence-corrected chi connectivity index (χ0v) is 11.4. The van der Waals surface area contributed by atoms with Crippen molar-refractivity contribution in [1.29, 1.82) is 0 Å². The maximum Gasteiger partial charge on any atom is 0.127 e. The van der Waals surface area contributed by atoms with Crippen molar-refractivity contribution < 1.29 is 9.50 Å². The van der Waals surface area contributed by atoms with Crippen LogP contribution in [0.15, 0.2) is 48.5 Å². The third-order valence-corrected chi connectivity index (χ3v) is 4.01. The van der Waals surface area contributed by atoms with Gasteiger partial charge in [0, 0.05) is 18.0 Å². The van der Waals surface area contributed by atoms with E-state index in [4.69, 9.17) is 0 Å². The van der Waals surface area contributed by atoms with Gasteiger partial charge in [-0.15, -0.1) is 0 Å². The predicted molar refractivity (Wildman–Crippen MR) is 76.8 cm³/mol. The van der Waals surface area contributed by atoms with Crippen LogP contribution >= 0.6 is 0 Å².